The summed E-state index contributed by atoms with van der Waals surface area (Å²) in [4.78, 5) is 0. The Labute approximate surface area is 114 Å². The summed E-state index contributed by atoms with van der Waals surface area (Å²) in [5.74, 6) is -0.115. The van der Waals surface area contributed by atoms with Crippen molar-refractivity contribution in [2.24, 2.45) is 5.73 Å². The molecule has 0 atom stereocenters. The molecule has 0 aliphatic heterocycles. The second-order valence-corrected chi connectivity index (χ2v) is 4.43. The Morgan fingerprint density at radius 1 is 1.11 bits per heavy atom. The van der Waals surface area contributed by atoms with Gasteiger partial charge in [0.1, 0.15) is 5.75 Å². The zero-order valence-corrected chi connectivity index (χ0v) is 10.8. The lowest BCUT2D eigenvalue weighted by Gasteiger charge is -2.09. The second-order valence-electron chi connectivity index (χ2n) is 3.61. The highest BCUT2D eigenvalue weighted by Crippen LogP contribution is 2.30. The standard InChI is InChI=1S/C13H10Cl2FNO/c14-10-2-1-3-12(13(10)16)18-9-5-4-8(7-17)11(15)6-9/h1-6H,7,17H2. The van der Waals surface area contributed by atoms with Gasteiger partial charge in [0.15, 0.2) is 11.6 Å². The molecule has 0 saturated heterocycles. The van der Waals surface area contributed by atoms with Gasteiger partial charge in [-0.1, -0.05) is 35.3 Å². The Bertz CT molecular complexity index is 575. The maximum absolute atomic E-state index is 13.6. The summed E-state index contributed by atoms with van der Waals surface area (Å²) >= 11 is 11.6. The lowest BCUT2D eigenvalue weighted by molar-refractivity contribution is 0.442. The first kappa shape index (κ1) is 13.1. The Hall–Kier alpha value is -1.29. The largest absolute Gasteiger partial charge is 0.454 e. The lowest BCUT2D eigenvalue weighted by Crippen LogP contribution is -1.97. The van der Waals surface area contributed by atoms with E-state index < -0.39 is 5.82 Å². The summed E-state index contributed by atoms with van der Waals surface area (Å²) in [6.07, 6.45) is 0. The van der Waals surface area contributed by atoms with Crippen LogP contribution < -0.4 is 10.5 Å². The molecule has 2 nitrogen and oxygen atoms in total. The molecule has 0 heterocycles. The molecule has 0 aliphatic carbocycles. The quantitative estimate of drug-likeness (QED) is 0.908. The van der Waals surface area contributed by atoms with Crippen molar-refractivity contribution in [2.45, 2.75) is 6.54 Å². The Morgan fingerprint density at radius 3 is 2.56 bits per heavy atom. The molecule has 2 N–H and O–H groups in total. The molecule has 0 radical (unpaired) electrons. The van der Waals surface area contributed by atoms with Gasteiger partial charge in [0, 0.05) is 11.6 Å². The van der Waals surface area contributed by atoms with Crippen molar-refractivity contribution in [2.75, 3.05) is 0 Å². The molecule has 0 unspecified atom stereocenters. The fraction of sp³-hybridized carbons (Fsp3) is 0.0769. The highest BCUT2D eigenvalue weighted by Gasteiger charge is 2.09. The van der Waals surface area contributed by atoms with Crippen molar-refractivity contribution in [3.05, 3.63) is 57.8 Å². The second kappa shape index (κ2) is 5.57. The van der Waals surface area contributed by atoms with Crippen LogP contribution in [0.3, 0.4) is 0 Å². The Morgan fingerprint density at radius 2 is 1.89 bits per heavy atom. The molecule has 2 aromatic carbocycles. The Kier molecular flexibility index (Phi) is 4.07. The summed E-state index contributed by atoms with van der Waals surface area (Å²) in [5.41, 5.74) is 6.30. The van der Waals surface area contributed by atoms with Crippen LogP contribution in [0.25, 0.3) is 0 Å². The van der Waals surface area contributed by atoms with Gasteiger partial charge in [-0.25, -0.2) is 4.39 Å². The third-order valence-corrected chi connectivity index (χ3v) is 3.03. The van der Waals surface area contributed by atoms with Crippen molar-refractivity contribution in [1.82, 2.24) is 0 Å². The van der Waals surface area contributed by atoms with Crippen molar-refractivity contribution >= 4 is 23.2 Å². The van der Waals surface area contributed by atoms with Gasteiger partial charge in [-0.05, 0) is 29.8 Å². The third-order valence-electron chi connectivity index (χ3n) is 2.39. The predicted molar refractivity (Wildman–Crippen MR) is 70.8 cm³/mol. The zero-order valence-electron chi connectivity index (χ0n) is 9.29. The highest BCUT2D eigenvalue weighted by molar-refractivity contribution is 6.31. The van der Waals surface area contributed by atoms with Crippen LogP contribution in [0.2, 0.25) is 10.0 Å². The van der Waals surface area contributed by atoms with E-state index in [1.54, 1.807) is 24.3 Å². The maximum Gasteiger partial charge on any atom is 0.184 e. The number of ether oxygens (including phenoxy) is 1. The van der Waals surface area contributed by atoms with E-state index in [1.807, 2.05) is 0 Å². The number of hydrogen-bond acceptors (Lipinski definition) is 2. The topological polar surface area (TPSA) is 35.2 Å². The summed E-state index contributed by atoms with van der Waals surface area (Å²) in [6.45, 7) is 0.338. The first-order valence-corrected chi connectivity index (χ1v) is 5.97. The van der Waals surface area contributed by atoms with E-state index in [2.05, 4.69) is 0 Å². The van der Waals surface area contributed by atoms with Crippen molar-refractivity contribution in [3.63, 3.8) is 0 Å². The summed E-state index contributed by atoms with van der Waals surface area (Å²) in [5, 5.41) is 0.495. The molecule has 5 heteroatoms. The normalized spacial score (nSPS) is 10.4. The molecule has 0 aromatic heterocycles. The maximum atomic E-state index is 13.6. The van der Waals surface area contributed by atoms with Crippen molar-refractivity contribution in [3.8, 4) is 11.5 Å². The Balaban J connectivity index is 2.29. The van der Waals surface area contributed by atoms with Crippen LogP contribution in [0.15, 0.2) is 36.4 Å². The minimum absolute atomic E-state index is 0.0113. The van der Waals surface area contributed by atoms with E-state index in [0.29, 0.717) is 17.3 Å². The van der Waals surface area contributed by atoms with Gasteiger partial charge in [-0.15, -0.1) is 0 Å². The SMILES string of the molecule is NCc1ccc(Oc2cccc(Cl)c2F)cc1Cl. The highest BCUT2D eigenvalue weighted by atomic mass is 35.5. The van der Waals surface area contributed by atoms with Crippen LogP contribution in [-0.2, 0) is 6.54 Å². The molecule has 18 heavy (non-hydrogen) atoms. The third kappa shape index (κ3) is 2.75. The van der Waals surface area contributed by atoms with Gasteiger partial charge in [0.05, 0.1) is 5.02 Å². The number of hydrogen-bond donors (Lipinski definition) is 1. The molecule has 0 spiro atoms. The van der Waals surface area contributed by atoms with E-state index >= 15 is 0 Å². The monoisotopic (exact) mass is 285 g/mol. The minimum atomic E-state index is -0.599. The van der Waals surface area contributed by atoms with E-state index in [1.165, 1.54) is 12.1 Å². The van der Waals surface area contributed by atoms with Crippen LogP contribution in [0.4, 0.5) is 4.39 Å². The first-order valence-electron chi connectivity index (χ1n) is 5.22. The average molecular weight is 286 g/mol. The van der Waals surface area contributed by atoms with Gasteiger partial charge < -0.3 is 10.5 Å². The van der Waals surface area contributed by atoms with E-state index in [4.69, 9.17) is 33.7 Å². The molecule has 0 bridgehead atoms. The van der Waals surface area contributed by atoms with Gasteiger partial charge >= 0.3 is 0 Å². The van der Waals surface area contributed by atoms with E-state index in [9.17, 15) is 4.39 Å². The first-order chi connectivity index (χ1) is 8.61. The minimum Gasteiger partial charge on any atom is -0.454 e. The van der Waals surface area contributed by atoms with Crippen LogP contribution in [0.1, 0.15) is 5.56 Å². The molecule has 2 rings (SSSR count). The van der Waals surface area contributed by atoms with Crippen LogP contribution in [-0.4, -0.2) is 0 Å². The fourth-order valence-electron chi connectivity index (χ4n) is 1.45. The molecular formula is C13H10Cl2FNO. The summed E-state index contributed by atoms with van der Waals surface area (Å²) in [7, 11) is 0. The van der Waals surface area contributed by atoms with Gasteiger partial charge in [-0.3, -0.25) is 0 Å². The number of nitrogens with two attached hydrogens (primary N) is 1. The van der Waals surface area contributed by atoms with Crippen molar-refractivity contribution in [1.29, 1.82) is 0 Å². The van der Waals surface area contributed by atoms with Gasteiger partial charge in [0.2, 0.25) is 0 Å². The van der Waals surface area contributed by atoms with E-state index in [0.717, 1.165) is 5.56 Å². The molecule has 0 saturated carbocycles. The van der Waals surface area contributed by atoms with Gasteiger partial charge in [0.25, 0.3) is 0 Å². The molecular weight excluding hydrogens is 276 g/mol. The van der Waals surface area contributed by atoms with Crippen LogP contribution in [0.5, 0.6) is 11.5 Å². The van der Waals surface area contributed by atoms with Gasteiger partial charge in [-0.2, -0.15) is 0 Å². The van der Waals surface area contributed by atoms with Crippen LogP contribution >= 0.6 is 23.2 Å². The number of benzene rings is 2. The predicted octanol–water partition coefficient (Wildman–Crippen LogP) is 4.38. The van der Waals surface area contributed by atoms with Crippen LogP contribution in [0, 0.1) is 5.82 Å². The average Bonchev–Trinajstić information content (AvgIpc) is 2.35. The number of rotatable bonds is 3. The summed E-state index contributed by atoms with van der Waals surface area (Å²) in [6, 6.07) is 9.55. The fourth-order valence-corrected chi connectivity index (χ4v) is 1.86. The summed E-state index contributed by atoms with van der Waals surface area (Å²) < 4.78 is 19.0. The molecule has 0 amide bonds. The molecule has 0 aliphatic rings. The molecule has 94 valence electrons. The van der Waals surface area contributed by atoms with Crippen molar-refractivity contribution < 1.29 is 9.13 Å². The molecule has 2 aromatic rings. The molecule has 0 fully saturated rings. The lowest BCUT2D eigenvalue weighted by atomic mass is 10.2. The zero-order chi connectivity index (χ0) is 13.1. The van der Waals surface area contributed by atoms with E-state index in [-0.39, 0.29) is 10.8 Å². The smallest absolute Gasteiger partial charge is 0.184 e. The number of halogens is 3.